The average molecular weight is 237 g/mol. The molecule has 0 aliphatic carbocycles. The van der Waals surface area contributed by atoms with E-state index in [1.54, 1.807) is 17.4 Å². The molecule has 1 rings (SSSR count). The van der Waals surface area contributed by atoms with Gasteiger partial charge in [-0.3, -0.25) is 9.59 Å². The molecule has 1 heterocycles. The van der Waals surface area contributed by atoms with E-state index in [1.165, 1.54) is 0 Å². The molecule has 2 N–H and O–H groups in total. The molecule has 0 saturated carbocycles. The van der Waals surface area contributed by atoms with Crippen LogP contribution in [0.5, 0.6) is 0 Å². The highest BCUT2D eigenvalue weighted by atomic mass is 32.1. The highest BCUT2D eigenvalue weighted by Gasteiger charge is 2.11. The Morgan fingerprint density at radius 1 is 1.38 bits per heavy atom. The lowest BCUT2D eigenvalue weighted by Gasteiger charge is -2.03. The van der Waals surface area contributed by atoms with Gasteiger partial charge >= 0.3 is 11.8 Å². The van der Waals surface area contributed by atoms with Crippen LogP contribution in [0.15, 0.2) is 16.8 Å². The number of nitrogens with zero attached hydrogens (tertiary/aromatic N) is 1. The normalized spacial score (nSPS) is 9.19. The van der Waals surface area contributed by atoms with Gasteiger partial charge in [0.05, 0.1) is 6.07 Å². The Labute approximate surface area is 97.1 Å². The van der Waals surface area contributed by atoms with Crippen LogP contribution in [-0.2, 0) is 16.0 Å². The fraction of sp³-hybridized carbons (Fsp3) is 0.300. The summed E-state index contributed by atoms with van der Waals surface area (Å²) in [5.41, 5.74) is 1.13. The van der Waals surface area contributed by atoms with E-state index >= 15 is 0 Å². The fourth-order valence-corrected chi connectivity index (χ4v) is 1.74. The number of carbonyl (C=O) groups is 2. The van der Waals surface area contributed by atoms with Crippen molar-refractivity contribution in [3.8, 4) is 6.07 Å². The zero-order chi connectivity index (χ0) is 11.8. The number of thiophene rings is 1. The minimum absolute atomic E-state index is 0.156. The van der Waals surface area contributed by atoms with Gasteiger partial charge in [-0.15, -0.1) is 0 Å². The summed E-state index contributed by atoms with van der Waals surface area (Å²) in [4.78, 5) is 22.2. The van der Waals surface area contributed by atoms with Crippen LogP contribution in [0.25, 0.3) is 0 Å². The molecule has 0 aliphatic rings. The summed E-state index contributed by atoms with van der Waals surface area (Å²) >= 11 is 1.59. The fourth-order valence-electron chi connectivity index (χ4n) is 1.04. The number of rotatable bonds is 4. The number of hydrogen-bond donors (Lipinski definition) is 2. The highest BCUT2D eigenvalue weighted by molar-refractivity contribution is 7.07. The summed E-state index contributed by atoms with van der Waals surface area (Å²) in [5, 5.41) is 16.8. The Hall–Kier alpha value is -1.87. The predicted octanol–water partition coefficient (Wildman–Crippen LogP) is 0.0466. The third-order valence-electron chi connectivity index (χ3n) is 1.81. The van der Waals surface area contributed by atoms with E-state index in [-0.39, 0.29) is 6.54 Å². The second-order valence-corrected chi connectivity index (χ2v) is 3.76. The van der Waals surface area contributed by atoms with Gasteiger partial charge in [-0.2, -0.15) is 16.6 Å². The van der Waals surface area contributed by atoms with Gasteiger partial charge in [-0.05, 0) is 28.8 Å². The molecule has 0 saturated heterocycles. The Kier molecular flexibility index (Phi) is 5.02. The van der Waals surface area contributed by atoms with Gasteiger partial charge in [0.1, 0.15) is 6.54 Å². The van der Waals surface area contributed by atoms with E-state index in [0.29, 0.717) is 13.0 Å². The molecular weight excluding hydrogens is 226 g/mol. The first-order valence-corrected chi connectivity index (χ1v) is 5.62. The predicted molar refractivity (Wildman–Crippen MR) is 59.7 cm³/mol. The van der Waals surface area contributed by atoms with Crippen LogP contribution in [0.1, 0.15) is 5.56 Å². The summed E-state index contributed by atoms with van der Waals surface area (Å²) in [6, 6.07) is 3.69. The standard InChI is InChI=1S/C10H11N3O2S/c11-3-5-13-10(15)9(14)12-4-1-8-2-6-16-7-8/h2,6-7H,1,4-5H2,(H,12,14)(H,13,15). The van der Waals surface area contributed by atoms with Crippen molar-refractivity contribution >= 4 is 23.2 Å². The molecule has 84 valence electrons. The number of amides is 2. The average Bonchev–Trinajstić information content (AvgIpc) is 2.78. The minimum Gasteiger partial charge on any atom is -0.348 e. The van der Waals surface area contributed by atoms with E-state index < -0.39 is 11.8 Å². The van der Waals surface area contributed by atoms with Crippen LogP contribution in [0, 0.1) is 11.3 Å². The van der Waals surface area contributed by atoms with Crippen molar-refractivity contribution in [1.29, 1.82) is 5.26 Å². The molecule has 0 aliphatic heterocycles. The summed E-state index contributed by atoms with van der Waals surface area (Å²) in [6.45, 7) is 0.256. The van der Waals surface area contributed by atoms with Crippen molar-refractivity contribution < 1.29 is 9.59 Å². The van der Waals surface area contributed by atoms with E-state index in [2.05, 4.69) is 10.6 Å². The molecule has 5 nitrogen and oxygen atoms in total. The maximum absolute atomic E-state index is 11.1. The first kappa shape index (κ1) is 12.2. The third kappa shape index (κ3) is 4.11. The Morgan fingerprint density at radius 2 is 2.12 bits per heavy atom. The van der Waals surface area contributed by atoms with Crippen LogP contribution in [0.3, 0.4) is 0 Å². The minimum atomic E-state index is -0.771. The number of hydrogen-bond acceptors (Lipinski definition) is 4. The van der Waals surface area contributed by atoms with E-state index in [4.69, 9.17) is 5.26 Å². The molecule has 2 amide bonds. The molecule has 0 atom stereocenters. The van der Waals surface area contributed by atoms with E-state index in [0.717, 1.165) is 5.56 Å². The van der Waals surface area contributed by atoms with Crippen molar-refractivity contribution in [3.05, 3.63) is 22.4 Å². The van der Waals surface area contributed by atoms with Crippen molar-refractivity contribution in [2.75, 3.05) is 13.1 Å². The maximum atomic E-state index is 11.1. The number of nitriles is 1. The molecule has 0 unspecified atom stereocenters. The summed E-state index contributed by atoms with van der Waals surface area (Å²) in [7, 11) is 0. The maximum Gasteiger partial charge on any atom is 0.310 e. The second kappa shape index (κ2) is 6.58. The van der Waals surface area contributed by atoms with E-state index in [1.807, 2.05) is 16.8 Å². The molecule has 0 aromatic carbocycles. The molecule has 1 aromatic rings. The molecule has 1 aromatic heterocycles. The summed E-state index contributed by atoms with van der Waals surface area (Å²) in [6.07, 6.45) is 0.695. The van der Waals surface area contributed by atoms with Crippen LogP contribution in [0.4, 0.5) is 0 Å². The highest BCUT2D eigenvalue weighted by Crippen LogP contribution is 2.05. The second-order valence-electron chi connectivity index (χ2n) is 2.98. The SMILES string of the molecule is N#CCNC(=O)C(=O)NCCc1ccsc1. The lowest BCUT2D eigenvalue weighted by molar-refractivity contribution is -0.139. The van der Waals surface area contributed by atoms with Crippen LogP contribution < -0.4 is 10.6 Å². The van der Waals surface area contributed by atoms with Gasteiger partial charge in [0.15, 0.2) is 0 Å². The van der Waals surface area contributed by atoms with Gasteiger partial charge in [0.2, 0.25) is 0 Å². The number of carbonyl (C=O) groups excluding carboxylic acids is 2. The molecule has 0 spiro atoms. The van der Waals surface area contributed by atoms with Crippen LogP contribution in [0.2, 0.25) is 0 Å². The lowest BCUT2D eigenvalue weighted by Crippen LogP contribution is -2.40. The first-order valence-electron chi connectivity index (χ1n) is 4.68. The van der Waals surface area contributed by atoms with Gasteiger partial charge in [-0.1, -0.05) is 0 Å². The van der Waals surface area contributed by atoms with E-state index in [9.17, 15) is 9.59 Å². The molecule has 6 heteroatoms. The monoisotopic (exact) mass is 237 g/mol. The molecule has 0 bridgehead atoms. The smallest absolute Gasteiger partial charge is 0.310 e. The van der Waals surface area contributed by atoms with Gasteiger partial charge in [0.25, 0.3) is 0 Å². The van der Waals surface area contributed by atoms with Crippen LogP contribution >= 0.6 is 11.3 Å². The molecule has 0 fully saturated rings. The van der Waals surface area contributed by atoms with Gasteiger partial charge < -0.3 is 10.6 Å². The van der Waals surface area contributed by atoms with Gasteiger partial charge in [0, 0.05) is 6.54 Å². The molecule has 0 radical (unpaired) electrons. The Bertz CT molecular complexity index is 395. The molecule has 16 heavy (non-hydrogen) atoms. The summed E-state index contributed by atoms with van der Waals surface area (Å²) in [5.74, 6) is -1.47. The number of nitrogens with one attached hydrogen (secondary N) is 2. The zero-order valence-electron chi connectivity index (χ0n) is 8.53. The summed E-state index contributed by atoms with van der Waals surface area (Å²) < 4.78 is 0. The molecular formula is C10H11N3O2S. The Balaban J connectivity index is 2.20. The zero-order valence-corrected chi connectivity index (χ0v) is 9.34. The quantitative estimate of drug-likeness (QED) is 0.573. The van der Waals surface area contributed by atoms with Crippen molar-refractivity contribution in [1.82, 2.24) is 10.6 Å². The van der Waals surface area contributed by atoms with Crippen LogP contribution in [-0.4, -0.2) is 24.9 Å². The van der Waals surface area contributed by atoms with Crippen molar-refractivity contribution in [2.45, 2.75) is 6.42 Å². The lowest BCUT2D eigenvalue weighted by atomic mass is 10.2. The van der Waals surface area contributed by atoms with Gasteiger partial charge in [-0.25, -0.2) is 0 Å². The van der Waals surface area contributed by atoms with Crippen molar-refractivity contribution in [2.24, 2.45) is 0 Å². The topological polar surface area (TPSA) is 82.0 Å². The largest absolute Gasteiger partial charge is 0.348 e. The first-order chi connectivity index (χ1) is 7.74. The van der Waals surface area contributed by atoms with Crippen molar-refractivity contribution in [3.63, 3.8) is 0 Å². The Morgan fingerprint density at radius 3 is 2.75 bits per heavy atom. The third-order valence-corrected chi connectivity index (χ3v) is 2.55.